The molecular formula is C14H16BrNO5. The standard InChI is InChI=1S/C14H16BrNO5/c1-8(17)19-7-13-12(20-9(2)18)6-11(21-13)10-4-3-5-14(15)16-10/h3-5,11-13H,6-7H2,1-2H3/t11-,12+,13-/m1/s1. The molecule has 21 heavy (non-hydrogen) atoms. The molecule has 3 atom stereocenters. The molecular weight excluding hydrogens is 342 g/mol. The molecule has 114 valence electrons. The highest BCUT2D eigenvalue weighted by Crippen LogP contribution is 2.34. The van der Waals surface area contributed by atoms with Gasteiger partial charge in [0, 0.05) is 20.3 Å². The van der Waals surface area contributed by atoms with E-state index < -0.39 is 18.2 Å². The molecule has 1 aromatic rings. The number of carbonyl (C=O) groups is 2. The van der Waals surface area contributed by atoms with Gasteiger partial charge in [0.2, 0.25) is 0 Å². The fourth-order valence-electron chi connectivity index (χ4n) is 2.19. The highest BCUT2D eigenvalue weighted by atomic mass is 79.9. The monoisotopic (exact) mass is 357 g/mol. The minimum Gasteiger partial charge on any atom is -0.463 e. The van der Waals surface area contributed by atoms with Gasteiger partial charge in [-0.3, -0.25) is 9.59 Å². The maximum absolute atomic E-state index is 11.2. The average Bonchev–Trinajstić information content (AvgIpc) is 2.78. The molecule has 0 amide bonds. The van der Waals surface area contributed by atoms with Crippen molar-refractivity contribution in [2.75, 3.05) is 6.61 Å². The van der Waals surface area contributed by atoms with Gasteiger partial charge in [-0.05, 0) is 28.1 Å². The third-order valence-corrected chi connectivity index (χ3v) is 3.48. The molecule has 1 aromatic heterocycles. The summed E-state index contributed by atoms with van der Waals surface area (Å²) < 4.78 is 16.7. The van der Waals surface area contributed by atoms with Gasteiger partial charge in [-0.15, -0.1) is 0 Å². The molecule has 0 N–H and O–H groups in total. The normalized spacial score (nSPS) is 24.6. The number of ether oxygens (including phenoxy) is 3. The SMILES string of the molecule is CC(=O)OC[C@H]1O[C@@H](c2cccc(Br)n2)C[C@@H]1OC(C)=O. The van der Waals surface area contributed by atoms with Crippen molar-refractivity contribution in [2.45, 2.75) is 38.6 Å². The largest absolute Gasteiger partial charge is 0.463 e. The van der Waals surface area contributed by atoms with Crippen LogP contribution in [0.1, 0.15) is 32.1 Å². The molecule has 0 spiro atoms. The topological polar surface area (TPSA) is 74.7 Å². The Hall–Kier alpha value is -1.47. The van der Waals surface area contributed by atoms with Crippen LogP contribution >= 0.6 is 15.9 Å². The van der Waals surface area contributed by atoms with Crippen molar-refractivity contribution in [1.29, 1.82) is 0 Å². The van der Waals surface area contributed by atoms with Crippen molar-refractivity contribution >= 4 is 27.9 Å². The van der Waals surface area contributed by atoms with E-state index in [-0.39, 0.29) is 18.7 Å². The lowest BCUT2D eigenvalue weighted by atomic mass is 10.1. The molecule has 1 fully saturated rings. The Morgan fingerprint density at radius 2 is 2.14 bits per heavy atom. The third-order valence-electron chi connectivity index (χ3n) is 3.03. The lowest BCUT2D eigenvalue weighted by Crippen LogP contribution is -2.31. The fourth-order valence-corrected chi connectivity index (χ4v) is 2.55. The van der Waals surface area contributed by atoms with Crippen molar-refractivity contribution in [3.8, 4) is 0 Å². The summed E-state index contributed by atoms with van der Waals surface area (Å²) in [5.41, 5.74) is 0.742. The van der Waals surface area contributed by atoms with E-state index in [0.717, 1.165) is 5.69 Å². The predicted molar refractivity (Wildman–Crippen MR) is 76.4 cm³/mol. The van der Waals surface area contributed by atoms with Crippen LogP contribution in [0.15, 0.2) is 22.8 Å². The first kappa shape index (κ1) is 15.9. The summed E-state index contributed by atoms with van der Waals surface area (Å²) >= 11 is 3.31. The lowest BCUT2D eigenvalue weighted by molar-refractivity contribution is -0.154. The maximum atomic E-state index is 11.2. The zero-order valence-electron chi connectivity index (χ0n) is 11.7. The Labute approximate surface area is 130 Å². The number of pyridine rings is 1. The van der Waals surface area contributed by atoms with E-state index >= 15 is 0 Å². The van der Waals surface area contributed by atoms with E-state index in [1.165, 1.54) is 13.8 Å². The zero-order chi connectivity index (χ0) is 15.4. The highest BCUT2D eigenvalue weighted by Gasteiger charge is 2.39. The Bertz CT molecular complexity index is 536. The molecule has 1 aliphatic heterocycles. The quantitative estimate of drug-likeness (QED) is 0.607. The first-order valence-corrected chi connectivity index (χ1v) is 7.33. The average molecular weight is 358 g/mol. The van der Waals surface area contributed by atoms with E-state index in [0.29, 0.717) is 11.0 Å². The van der Waals surface area contributed by atoms with Gasteiger partial charge in [-0.25, -0.2) is 4.98 Å². The molecule has 0 unspecified atom stereocenters. The van der Waals surface area contributed by atoms with E-state index in [4.69, 9.17) is 14.2 Å². The van der Waals surface area contributed by atoms with E-state index in [9.17, 15) is 9.59 Å². The number of hydrogen-bond donors (Lipinski definition) is 0. The summed E-state index contributed by atoms with van der Waals surface area (Å²) in [7, 11) is 0. The van der Waals surface area contributed by atoms with Crippen LogP contribution in [0.25, 0.3) is 0 Å². The number of rotatable bonds is 4. The van der Waals surface area contributed by atoms with Gasteiger partial charge in [0.15, 0.2) is 0 Å². The summed E-state index contributed by atoms with van der Waals surface area (Å²) in [5, 5.41) is 0. The first-order valence-electron chi connectivity index (χ1n) is 6.54. The summed E-state index contributed by atoms with van der Waals surface area (Å²) in [6.45, 7) is 2.72. The molecule has 0 saturated carbocycles. The first-order chi connectivity index (χ1) is 9.95. The van der Waals surface area contributed by atoms with Crippen LogP contribution in [0.3, 0.4) is 0 Å². The van der Waals surface area contributed by atoms with E-state index in [1.807, 2.05) is 18.2 Å². The predicted octanol–water partition coefficient (Wildman–Crippen LogP) is 2.17. The number of carbonyl (C=O) groups excluding carboxylic acids is 2. The summed E-state index contributed by atoms with van der Waals surface area (Å²) in [4.78, 5) is 26.4. The second kappa shape index (κ2) is 7.00. The Kier molecular flexibility index (Phi) is 5.30. The van der Waals surface area contributed by atoms with Gasteiger partial charge in [-0.2, -0.15) is 0 Å². The minimum absolute atomic E-state index is 0.0534. The van der Waals surface area contributed by atoms with Crippen molar-refractivity contribution in [3.05, 3.63) is 28.5 Å². The van der Waals surface area contributed by atoms with Gasteiger partial charge >= 0.3 is 11.9 Å². The van der Waals surface area contributed by atoms with Crippen molar-refractivity contribution in [2.24, 2.45) is 0 Å². The van der Waals surface area contributed by atoms with Gasteiger partial charge < -0.3 is 14.2 Å². The van der Waals surface area contributed by atoms with Gasteiger partial charge in [-0.1, -0.05) is 6.07 Å². The fraction of sp³-hybridized carbons (Fsp3) is 0.500. The van der Waals surface area contributed by atoms with E-state index in [1.54, 1.807) is 0 Å². The summed E-state index contributed by atoms with van der Waals surface area (Å²) in [6.07, 6.45) is -0.752. The molecule has 0 bridgehead atoms. The van der Waals surface area contributed by atoms with Crippen LogP contribution in [0.2, 0.25) is 0 Å². The van der Waals surface area contributed by atoms with E-state index in [2.05, 4.69) is 20.9 Å². The Morgan fingerprint density at radius 1 is 1.38 bits per heavy atom. The number of aromatic nitrogens is 1. The molecule has 0 radical (unpaired) electrons. The van der Waals surface area contributed by atoms with Gasteiger partial charge in [0.25, 0.3) is 0 Å². The number of halogens is 1. The molecule has 7 heteroatoms. The minimum atomic E-state index is -0.483. The molecule has 0 aromatic carbocycles. The maximum Gasteiger partial charge on any atom is 0.302 e. The Morgan fingerprint density at radius 3 is 2.76 bits per heavy atom. The van der Waals surface area contributed by atoms with Crippen LogP contribution in [-0.4, -0.2) is 35.7 Å². The van der Waals surface area contributed by atoms with Crippen LogP contribution in [0.4, 0.5) is 0 Å². The molecule has 1 saturated heterocycles. The number of esters is 2. The van der Waals surface area contributed by atoms with Crippen molar-refractivity contribution in [3.63, 3.8) is 0 Å². The lowest BCUT2D eigenvalue weighted by Gasteiger charge is -2.17. The second-order valence-corrected chi connectivity index (χ2v) is 5.55. The number of nitrogens with zero attached hydrogens (tertiary/aromatic N) is 1. The van der Waals surface area contributed by atoms with Crippen molar-refractivity contribution < 1.29 is 23.8 Å². The number of hydrogen-bond acceptors (Lipinski definition) is 6. The van der Waals surface area contributed by atoms with Gasteiger partial charge in [0.05, 0.1) is 5.69 Å². The van der Waals surface area contributed by atoms with Crippen LogP contribution in [0.5, 0.6) is 0 Å². The molecule has 1 aliphatic rings. The smallest absolute Gasteiger partial charge is 0.302 e. The molecule has 6 nitrogen and oxygen atoms in total. The van der Waals surface area contributed by atoms with Crippen LogP contribution < -0.4 is 0 Å². The molecule has 0 aliphatic carbocycles. The Balaban J connectivity index is 2.09. The molecule has 2 rings (SSSR count). The van der Waals surface area contributed by atoms with Crippen molar-refractivity contribution in [1.82, 2.24) is 4.98 Å². The van der Waals surface area contributed by atoms with Gasteiger partial charge in [0.1, 0.15) is 29.5 Å². The molecule has 2 heterocycles. The van der Waals surface area contributed by atoms with Crippen LogP contribution in [-0.2, 0) is 23.8 Å². The third kappa shape index (κ3) is 4.50. The highest BCUT2D eigenvalue weighted by molar-refractivity contribution is 9.10. The zero-order valence-corrected chi connectivity index (χ0v) is 13.3. The van der Waals surface area contributed by atoms with Crippen LogP contribution in [0, 0.1) is 0 Å². The summed E-state index contributed by atoms with van der Waals surface area (Å²) in [6, 6.07) is 5.52. The second-order valence-electron chi connectivity index (χ2n) is 4.73. The summed E-state index contributed by atoms with van der Waals surface area (Å²) in [5.74, 6) is -0.788.